The van der Waals surface area contributed by atoms with Gasteiger partial charge in [0.15, 0.2) is 0 Å². The monoisotopic (exact) mass is 283 g/mol. The standard InChI is InChI=1S/C13H15Cl2N3/c1-3-18-13(11(15)7-17-18)12(16)10-5-4-9(14)6-8(10)2/h4-7,12H,3,16H2,1-2H3. The second kappa shape index (κ2) is 5.31. The molecule has 96 valence electrons. The van der Waals surface area contributed by atoms with E-state index in [0.29, 0.717) is 10.0 Å². The maximum absolute atomic E-state index is 6.30. The molecule has 3 nitrogen and oxygen atoms in total. The Morgan fingerprint density at radius 1 is 1.39 bits per heavy atom. The third-order valence-corrected chi connectivity index (χ3v) is 3.52. The Morgan fingerprint density at radius 3 is 2.72 bits per heavy atom. The first-order valence-corrected chi connectivity index (χ1v) is 6.53. The molecule has 2 rings (SSSR count). The van der Waals surface area contributed by atoms with E-state index in [9.17, 15) is 0 Å². The molecular weight excluding hydrogens is 269 g/mol. The molecule has 0 aliphatic carbocycles. The van der Waals surface area contributed by atoms with E-state index >= 15 is 0 Å². The van der Waals surface area contributed by atoms with Gasteiger partial charge in [-0.25, -0.2) is 0 Å². The number of hydrogen-bond acceptors (Lipinski definition) is 2. The summed E-state index contributed by atoms with van der Waals surface area (Å²) in [6.07, 6.45) is 1.63. The number of aromatic nitrogens is 2. The molecule has 0 bridgehead atoms. The molecule has 2 aromatic rings. The van der Waals surface area contributed by atoms with Crippen LogP contribution in [0.1, 0.15) is 29.8 Å². The van der Waals surface area contributed by atoms with Crippen molar-refractivity contribution in [1.29, 1.82) is 0 Å². The minimum Gasteiger partial charge on any atom is -0.319 e. The lowest BCUT2D eigenvalue weighted by Crippen LogP contribution is -2.18. The molecule has 0 saturated heterocycles. The highest BCUT2D eigenvalue weighted by Crippen LogP contribution is 2.29. The van der Waals surface area contributed by atoms with E-state index in [-0.39, 0.29) is 6.04 Å². The molecule has 2 N–H and O–H groups in total. The lowest BCUT2D eigenvalue weighted by molar-refractivity contribution is 0.600. The van der Waals surface area contributed by atoms with E-state index in [1.165, 1.54) is 0 Å². The number of nitrogens with zero attached hydrogens (tertiary/aromatic N) is 2. The van der Waals surface area contributed by atoms with E-state index in [4.69, 9.17) is 28.9 Å². The van der Waals surface area contributed by atoms with Crippen LogP contribution in [-0.4, -0.2) is 9.78 Å². The third-order valence-electron chi connectivity index (χ3n) is 2.99. The van der Waals surface area contributed by atoms with E-state index in [1.807, 2.05) is 36.7 Å². The first kappa shape index (κ1) is 13.4. The van der Waals surface area contributed by atoms with Gasteiger partial charge in [-0.3, -0.25) is 4.68 Å². The quantitative estimate of drug-likeness (QED) is 0.936. The zero-order valence-corrected chi connectivity index (χ0v) is 11.8. The van der Waals surface area contributed by atoms with Gasteiger partial charge in [-0.05, 0) is 37.1 Å². The topological polar surface area (TPSA) is 43.8 Å². The van der Waals surface area contributed by atoms with Crippen molar-refractivity contribution in [2.45, 2.75) is 26.4 Å². The van der Waals surface area contributed by atoms with Crippen molar-refractivity contribution in [3.8, 4) is 0 Å². The molecular formula is C13H15Cl2N3. The smallest absolute Gasteiger partial charge is 0.0837 e. The molecule has 0 amide bonds. The fourth-order valence-electron chi connectivity index (χ4n) is 2.07. The summed E-state index contributed by atoms with van der Waals surface area (Å²) in [6.45, 7) is 4.73. The molecule has 0 radical (unpaired) electrons. The number of halogens is 2. The molecule has 1 unspecified atom stereocenters. The average molecular weight is 284 g/mol. The maximum Gasteiger partial charge on any atom is 0.0837 e. The Balaban J connectivity index is 2.47. The first-order valence-electron chi connectivity index (χ1n) is 5.77. The fourth-order valence-corrected chi connectivity index (χ4v) is 2.55. The van der Waals surface area contributed by atoms with Gasteiger partial charge in [0.1, 0.15) is 0 Å². The van der Waals surface area contributed by atoms with Gasteiger partial charge >= 0.3 is 0 Å². The fraction of sp³-hybridized carbons (Fsp3) is 0.308. The van der Waals surface area contributed by atoms with Crippen LogP contribution in [0, 0.1) is 6.92 Å². The average Bonchev–Trinajstić information content (AvgIpc) is 2.69. The predicted molar refractivity (Wildman–Crippen MR) is 75.1 cm³/mol. The van der Waals surface area contributed by atoms with Crippen molar-refractivity contribution in [2.24, 2.45) is 5.73 Å². The lowest BCUT2D eigenvalue weighted by atomic mass is 9.99. The van der Waals surface area contributed by atoms with Gasteiger partial charge in [0.05, 0.1) is 23.0 Å². The molecule has 1 heterocycles. The predicted octanol–water partition coefficient (Wildman–Crippen LogP) is 3.57. The summed E-state index contributed by atoms with van der Waals surface area (Å²) in [5, 5.41) is 5.51. The molecule has 1 aromatic heterocycles. The van der Waals surface area contributed by atoms with Crippen molar-refractivity contribution in [2.75, 3.05) is 0 Å². The highest BCUT2D eigenvalue weighted by molar-refractivity contribution is 6.31. The van der Waals surface area contributed by atoms with Crippen molar-refractivity contribution in [1.82, 2.24) is 9.78 Å². The summed E-state index contributed by atoms with van der Waals surface area (Å²) in [7, 11) is 0. The van der Waals surface area contributed by atoms with Crippen molar-refractivity contribution >= 4 is 23.2 Å². The zero-order chi connectivity index (χ0) is 13.3. The molecule has 0 saturated carbocycles. The van der Waals surface area contributed by atoms with E-state index < -0.39 is 0 Å². The van der Waals surface area contributed by atoms with Gasteiger partial charge < -0.3 is 5.73 Å². The minimum atomic E-state index is -0.294. The second-order valence-electron chi connectivity index (χ2n) is 4.17. The summed E-state index contributed by atoms with van der Waals surface area (Å²) in [5.74, 6) is 0. The van der Waals surface area contributed by atoms with Gasteiger partial charge in [0.2, 0.25) is 0 Å². The van der Waals surface area contributed by atoms with E-state index in [2.05, 4.69) is 5.10 Å². The Morgan fingerprint density at radius 2 is 2.11 bits per heavy atom. The van der Waals surface area contributed by atoms with Crippen LogP contribution < -0.4 is 5.73 Å². The maximum atomic E-state index is 6.30. The third kappa shape index (κ3) is 2.39. The van der Waals surface area contributed by atoms with E-state index in [1.54, 1.807) is 6.20 Å². The number of nitrogens with two attached hydrogens (primary N) is 1. The van der Waals surface area contributed by atoms with Crippen LogP contribution in [0.15, 0.2) is 24.4 Å². The minimum absolute atomic E-state index is 0.294. The van der Waals surface area contributed by atoms with Crippen molar-refractivity contribution < 1.29 is 0 Å². The van der Waals surface area contributed by atoms with Gasteiger partial charge in [-0.1, -0.05) is 29.3 Å². The van der Waals surface area contributed by atoms with Gasteiger partial charge in [-0.15, -0.1) is 0 Å². The normalized spacial score (nSPS) is 12.7. The van der Waals surface area contributed by atoms with Crippen LogP contribution >= 0.6 is 23.2 Å². The second-order valence-corrected chi connectivity index (χ2v) is 5.02. The van der Waals surface area contributed by atoms with Crippen molar-refractivity contribution in [3.05, 3.63) is 51.3 Å². The van der Waals surface area contributed by atoms with Crippen LogP contribution in [-0.2, 0) is 6.54 Å². The largest absolute Gasteiger partial charge is 0.319 e. The molecule has 1 atom stereocenters. The Labute approximate surface area is 117 Å². The molecule has 0 spiro atoms. The molecule has 0 aliphatic rings. The van der Waals surface area contributed by atoms with Crippen LogP contribution in [0.2, 0.25) is 10.0 Å². The molecule has 0 aliphatic heterocycles. The Kier molecular flexibility index (Phi) is 3.95. The zero-order valence-electron chi connectivity index (χ0n) is 10.3. The Bertz CT molecular complexity index is 563. The van der Waals surface area contributed by atoms with Gasteiger partial charge in [0, 0.05) is 11.6 Å². The molecule has 0 fully saturated rings. The van der Waals surface area contributed by atoms with Gasteiger partial charge in [0.25, 0.3) is 0 Å². The first-order chi connectivity index (χ1) is 8.54. The summed E-state index contributed by atoms with van der Waals surface area (Å²) in [5.41, 5.74) is 9.20. The molecule has 1 aromatic carbocycles. The molecule has 18 heavy (non-hydrogen) atoms. The molecule has 5 heteroatoms. The number of rotatable bonds is 3. The summed E-state index contributed by atoms with van der Waals surface area (Å²) < 4.78 is 1.82. The summed E-state index contributed by atoms with van der Waals surface area (Å²) >= 11 is 12.1. The van der Waals surface area contributed by atoms with Crippen LogP contribution in [0.5, 0.6) is 0 Å². The summed E-state index contributed by atoms with van der Waals surface area (Å²) in [4.78, 5) is 0. The van der Waals surface area contributed by atoms with Crippen LogP contribution in [0.4, 0.5) is 0 Å². The number of benzene rings is 1. The Hall–Kier alpha value is -1.03. The lowest BCUT2D eigenvalue weighted by Gasteiger charge is -2.17. The number of hydrogen-bond donors (Lipinski definition) is 1. The van der Waals surface area contributed by atoms with Gasteiger partial charge in [-0.2, -0.15) is 5.10 Å². The van der Waals surface area contributed by atoms with Crippen LogP contribution in [0.25, 0.3) is 0 Å². The SMILES string of the molecule is CCn1ncc(Cl)c1C(N)c1ccc(Cl)cc1C. The van der Waals surface area contributed by atoms with E-state index in [0.717, 1.165) is 23.4 Å². The van der Waals surface area contributed by atoms with Crippen LogP contribution in [0.3, 0.4) is 0 Å². The van der Waals surface area contributed by atoms with Crippen molar-refractivity contribution in [3.63, 3.8) is 0 Å². The highest BCUT2D eigenvalue weighted by atomic mass is 35.5. The summed E-state index contributed by atoms with van der Waals surface area (Å²) in [6, 6.07) is 5.38. The number of aryl methyl sites for hydroxylation is 2. The highest BCUT2D eigenvalue weighted by Gasteiger charge is 2.19.